The Balaban J connectivity index is 1.97. The smallest absolute Gasteiger partial charge is 0.108 e. The van der Waals surface area contributed by atoms with Gasteiger partial charge in [0, 0.05) is 13.7 Å². The molecule has 1 aromatic rings. The molecule has 2 rings (SSSR count). The van der Waals surface area contributed by atoms with Crippen LogP contribution in [0.3, 0.4) is 0 Å². The zero-order valence-corrected chi connectivity index (χ0v) is 11.0. The van der Waals surface area contributed by atoms with Gasteiger partial charge in [0.05, 0.1) is 19.3 Å². The summed E-state index contributed by atoms with van der Waals surface area (Å²) < 4.78 is 10.7. The van der Waals surface area contributed by atoms with E-state index in [1.165, 1.54) is 5.56 Å². The lowest BCUT2D eigenvalue weighted by Crippen LogP contribution is -2.55. The van der Waals surface area contributed by atoms with Gasteiger partial charge in [-0.25, -0.2) is 0 Å². The molecule has 0 amide bonds. The maximum atomic E-state index is 10.2. The first-order valence-electron chi connectivity index (χ1n) is 6.25. The molecule has 0 spiro atoms. The molecule has 1 saturated heterocycles. The maximum absolute atomic E-state index is 10.2. The Morgan fingerprint density at radius 2 is 2.06 bits per heavy atom. The average molecular weight is 251 g/mol. The van der Waals surface area contributed by atoms with Crippen molar-refractivity contribution in [1.82, 2.24) is 4.90 Å². The number of likely N-dealkylation sites (N-methyl/N-ethyl adjacent to an activating group) is 1. The molecule has 1 aliphatic heterocycles. The molecule has 3 atom stereocenters. The van der Waals surface area contributed by atoms with E-state index in [1.54, 1.807) is 7.11 Å². The predicted octanol–water partition coefficient (Wildman–Crippen LogP) is 0.893. The van der Waals surface area contributed by atoms with Crippen LogP contribution < -0.4 is 0 Å². The minimum Gasteiger partial charge on any atom is -0.389 e. The average Bonchev–Trinajstić information content (AvgIpc) is 2.40. The van der Waals surface area contributed by atoms with Gasteiger partial charge >= 0.3 is 0 Å². The van der Waals surface area contributed by atoms with Gasteiger partial charge in [0.15, 0.2) is 0 Å². The third kappa shape index (κ3) is 3.09. The summed E-state index contributed by atoms with van der Waals surface area (Å²) in [5, 5.41) is 10.2. The Kier molecular flexibility index (Phi) is 4.72. The second-order valence-electron chi connectivity index (χ2n) is 4.77. The summed E-state index contributed by atoms with van der Waals surface area (Å²) in [7, 11) is 3.61. The molecule has 1 heterocycles. The molecular formula is C14H21NO3. The first-order valence-corrected chi connectivity index (χ1v) is 6.25. The van der Waals surface area contributed by atoms with Crippen molar-refractivity contribution >= 4 is 0 Å². The second kappa shape index (κ2) is 6.29. The lowest BCUT2D eigenvalue weighted by atomic mass is 10.0. The van der Waals surface area contributed by atoms with Crippen LogP contribution in [-0.2, 0) is 16.0 Å². The van der Waals surface area contributed by atoms with Crippen molar-refractivity contribution in [3.63, 3.8) is 0 Å². The van der Waals surface area contributed by atoms with Crippen LogP contribution in [0.2, 0.25) is 0 Å². The number of methoxy groups -OCH3 is 1. The minimum absolute atomic E-state index is 0.0242. The van der Waals surface area contributed by atoms with Crippen molar-refractivity contribution in [2.75, 3.05) is 27.4 Å². The number of rotatable bonds is 4. The third-order valence-corrected chi connectivity index (χ3v) is 3.49. The van der Waals surface area contributed by atoms with Crippen molar-refractivity contribution in [3.05, 3.63) is 35.9 Å². The van der Waals surface area contributed by atoms with E-state index < -0.39 is 6.10 Å². The SMILES string of the molecule is CO[C@@H]1COC[C@@H](N(C)Cc2ccccc2)[C@@H]1O. The highest BCUT2D eigenvalue weighted by Gasteiger charge is 2.35. The number of nitrogens with zero attached hydrogens (tertiary/aromatic N) is 1. The molecule has 1 N–H and O–H groups in total. The minimum atomic E-state index is -0.502. The van der Waals surface area contributed by atoms with Gasteiger partial charge in [-0.05, 0) is 12.6 Å². The van der Waals surface area contributed by atoms with Crippen LogP contribution in [0.15, 0.2) is 30.3 Å². The molecule has 0 aromatic heterocycles. The summed E-state index contributed by atoms with van der Waals surface area (Å²) in [4.78, 5) is 2.12. The molecule has 4 heteroatoms. The highest BCUT2D eigenvalue weighted by molar-refractivity contribution is 5.14. The number of ether oxygens (including phenoxy) is 2. The van der Waals surface area contributed by atoms with Gasteiger partial charge in [-0.15, -0.1) is 0 Å². The van der Waals surface area contributed by atoms with E-state index in [4.69, 9.17) is 9.47 Å². The van der Waals surface area contributed by atoms with Crippen molar-refractivity contribution < 1.29 is 14.6 Å². The Morgan fingerprint density at radius 1 is 1.33 bits per heavy atom. The summed E-state index contributed by atoms with van der Waals surface area (Å²) in [5.41, 5.74) is 1.23. The number of aliphatic hydroxyl groups excluding tert-OH is 1. The van der Waals surface area contributed by atoms with Crippen LogP contribution >= 0.6 is 0 Å². The first kappa shape index (κ1) is 13.5. The molecule has 0 aliphatic carbocycles. The fourth-order valence-corrected chi connectivity index (χ4v) is 2.33. The zero-order valence-electron chi connectivity index (χ0n) is 11.0. The standard InChI is InChI=1S/C14H21NO3/c1-15(8-11-6-4-3-5-7-11)12-9-18-10-13(17-2)14(12)16/h3-7,12-14,16H,8-10H2,1-2H3/t12-,13-,14+/m1/s1. The van der Waals surface area contributed by atoms with Crippen molar-refractivity contribution in [2.45, 2.75) is 24.8 Å². The van der Waals surface area contributed by atoms with Crippen LogP contribution in [0.4, 0.5) is 0 Å². The van der Waals surface area contributed by atoms with E-state index in [0.29, 0.717) is 13.2 Å². The van der Waals surface area contributed by atoms with Crippen LogP contribution in [0.5, 0.6) is 0 Å². The second-order valence-corrected chi connectivity index (χ2v) is 4.77. The molecule has 4 nitrogen and oxygen atoms in total. The quantitative estimate of drug-likeness (QED) is 0.863. The van der Waals surface area contributed by atoms with E-state index in [2.05, 4.69) is 17.0 Å². The summed E-state index contributed by atoms with van der Waals surface area (Å²) in [6, 6.07) is 10.2. The molecule has 0 bridgehead atoms. The van der Waals surface area contributed by atoms with Crippen molar-refractivity contribution in [2.24, 2.45) is 0 Å². The van der Waals surface area contributed by atoms with E-state index in [9.17, 15) is 5.11 Å². The van der Waals surface area contributed by atoms with E-state index in [-0.39, 0.29) is 12.1 Å². The van der Waals surface area contributed by atoms with Gasteiger partial charge in [-0.3, -0.25) is 4.90 Å². The molecule has 0 saturated carbocycles. The number of hydrogen-bond donors (Lipinski definition) is 1. The van der Waals surface area contributed by atoms with Crippen molar-refractivity contribution in [1.29, 1.82) is 0 Å². The van der Waals surface area contributed by atoms with Crippen molar-refractivity contribution in [3.8, 4) is 0 Å². The lowest BCUT2D eigenvalue weighted by Gasteiger charge is -2.38. The topological polar surface area (TPSA) is 41.9 Å². The van der Waals surface area contributed by atoms with Gasteiger partial charge in [0.1, 0.15) is 12.2 Å². The van der Waals surface area contributed by atoms with Crippen LogP contribution in [0.1, 0.15) is 5.56 Å². The van der Waals surface area contributed by atoms with E-state index in [0.717, 1.165) is 6.54 Å². The van der Waals surface area contributed by atoms with Crippen LogP contribution in [-0.4, -0.2) is 55.6 Å². The molecule has 0 unspecified atom stereocenters. The Labute approximate surface area is 108 Å². The molecule has 1 fully saturated rings. The molecule has 18 heavy (non-hydrogen) atoms. The molecule has 0 radical (unpaired) electrons. The van der Waals surface area contributed by atoms with Crippen LogP contribution in [0.25, 0.3) is 0 Å². The molecule has 1 aliphatic rings. The Hall–Kier alpha value is -0.940. The summed E-state index contributed by atoms with van der Waals surface area (Å²) in [5.74, 6) is 0. The van der Waals surface area contributed by atoms with E-state index in [1.807, 2.05) is 25.2 Å². The predicted molar refractivity (Wildman–Crippen MR) is 69.3 cm³/mol. The van der Waals surface area contributed by atoms with Gasteiger partial charge in [0.2, 0.25) is 0 Å². The number of hydrogen-bond acceptors (Lipinski definition) is 4. The zero-order chi connectivity index (χ0) is 13.0. The number of aliphatic hydroxyl groups is 1. The van der Waals surface area contributed by atoms with Crippen LogP contribution in [0, 0.1) is 0 Å². The molecule has 100 valence electrons. The maximum Gasteiger partial charge on any atom is 0.108 e. The van der Waals surface area contributed by atoms with Gasteiger partial charge in [-0.1, -0.05) is 30.3 Å². The Bertz CT molecular complexity index is 357. The van der Waals surface area contributed by atoms with Gasteiger partial charge in [0.25, 0.3) is 0 Å². The van der Waals surface area contributed by atoms with Gasteiger partial charge < -0.3 is 14.6 Å². The number of benzene rings is 1. The van der Waals surface area contributed by atoms with E-state index >= 15 is 0 Å². The molecule has 1 aromatic carbocycles. The highest BCUT2D eigenvalue weighted by atomic mass is 16.5. The summed E-state index contributed by atoms with van der Waals surface area (Å²) in [6.07, 6.45) is -0.737. The fourth-order valence-electron chi connectivity index (χ4n) is 2.33. The summed E-state index contributed by atoms with van der Waals surface area (Å²) >= 11 is 0. The fraction of sp³-hybridized carbons (Fsp3) is 0.571. The monoisotopic (exact) mass is 251 g/mol. The molecular weight excluding hydrogens is 230 g/mol. The third-order valence-electron chi connectivity index (χ3n) is 3.49. The highest BCUT2D eigenvalue weighted by Crippen LogP contribution is 2.17. The summed E-state index contributed by atoms with van der Waals surface area (Å²) in [6.45, 7) is 1.81. The lowest BCUT2D eigenvalue weighted by molar-refractivity contribution is -0.142. The largest absolute Gasteiger partial charge is 0.389 e. The van der Waals surface area contributed by atoms with Gasteiger partial charge in [-0.2, -0.15) is 0 Å². The Morgan fingerprint density at radius 3 is 2.72 bits per heavy atom. The normalized spacial score (nSPS) is 28.6. The first-order chi connectivity index (χ1) is 8.72.